The van der Waals surface area contributed by atoms with Gasteiger partial charge in [-0.2, -0.15) is 5.10 Å². The van der Waals surface area contributed by atoms with Gasteiger partial charge >= 0.3 is 0 Å². The predicted molar refractivity (Wildman–Crippen MR) is 118 cm³/mol. The second kappa shape index (κ2) is 9.60. The summed E-state index contributed by atoms with van der Waals surface area (Å²) in [6.07, 6.45) is 6.50. The first kappa shape index (κ1) is 20.8. The molecular formula is C25H27N3O3. The standard InChI is InChI=1S/C25H27N3O3/c1-27-17-19(16-26-27)9-14-24(29)28-15-5-6-21(18-28)25(30)20-10-12-23(13-11-20)31-22-7-3-2-4-8-22/h2-4,7-8,10-13,16-17,21H,5-6,9,14-15,18H2,1H3/t21-/m1/s1. The molecule has 2 heterocycles. The van der Waals surface area contributed by atoms with Crippen molar-refractivity contribution in [2.45, 2.75) is 25.7 Å². The molecule has 6 heteroatoms. The van der Waals surface area contributed by atoms with Crippen molar-refractivity contribution in [3.63, 3.8) is 0 Å². The van der Waals surface area contributed by atoms with E-state index in [2.05, 4.69) is 5.10 Å². The minimum Gasteiger partial charge on any atom is -0.457 e. The lowest BCUT2D eigenvalue weighted by Crippen LogP contribution is -2.42. The summed E-state index contributed by atoms with van der Waals surface area (Å²) in [7, 11) is 1.87. The highest BCUT2D eigenvalue weighted by molar-refractivity contribution is 5.98. The molecule has 0 spiro atoms. The SMILES string of the molecule is Cn1cc(CCC(=O)N2CCC[C@@H](C(=O)c3ccc(Oc4ccccc4)cc3)C2)cn1. The van der Waals surface area contributed by atoms with Crippen LogP contribution in [0.15, 0.2) is 67.0 Å². The Balaban J connectivity index is 1.33. The Morgan fingerprint density at radius 1 is 1.06 bits per heavy atom. The highest BCUT2D eigenvalue weighted by atomic mass is 16.5. The fourth-order valence-electron chi connectivity index (χ4n) is 3.98. The van der Waals surface area contributed by atoms with Crippen molar-refractivity contribution in [2.24, 2.45) is 13.0 Å². The fraction of sp³-hybridized carbons (Fsp3) is 0.320. The molecule has 1 aromatic heterocycles. The van der Waals surface area contributed by atoms with Gasteiger partial charge in [0.15, 0.2) is 5.78 Å². The molecule has 1 aliphatic rings. The zero-order valence-corrected chi connectivity index (χ0v) is 17.7. The van der Waals surface area contributed by atoms with Gasteiger partial charge in [-0.25, -0.2) is 0 Å². The minimum absolute atomic E-state index is 0.0935. The number of aromatic nitrogens is 2. The molecule has 0 saturated carbocycles. The van der Waals surface area contributed by atoms with Gasteiger partial charge in [-0.05, 0) is 61.2 Å². The second-order valence-corrected chi connectivity index (χ2v) is 8.00. The van der Waals surface area contributed by atoms with Crippen molar-refractivity contribution >= 4 is 11.7 Å². The largest absolute Gasteiger partial charge is 0.457 e. The van der Waals surface area contributed by atoms with Gasteiger partial charge in [0, 0.05) is 44.2 Å². The van der Waals surface area contributed by atoms with Crippen molar-refractivity contribution in [2.75, 3.05) is 13.1 Å². The first-order chi connectivity index (χ1) is 15.1. The lowest BCUT2D eigenvalue weighted by molar-refractivity contribution is -0.132. The highest BCUT2D eigenvalue weighted by Crippen LogP contribution is 2.25. The summed E-state index contributed by atoms with van der Waals surface area (Å²) in [6.45, 7) is 1.21. The van der Waals surface area contributed by atoms with Crippen LogP contribution in [0.25, 0.3) is 0 Å². The van der Waals surface area contributed by atoms with E-state index in [0.29, 0.717) is 30.7 Å². The van der Waals surface area contributed by atoms with Gasteiger partial charge in [-0.3, -0.25) is 14.3 Å². The molecule has 1 atom stereocenters. The predicted octanol–water partition coefficient (Wildman–Crippen LogP) is 4.27. The van der Waals surface area contributed by atoms with Crippen LogP contribution < -0.4 is 4.74 Å². The Morgan fingerprint density at radius 2 is 1.81 bits per heavy atom. The van der Waals surface area contributed by atoms with E-state index in [1.807, 2.05) is 72.7 Å². The van der Waals surface area contributed by atoms with E-state index in [9.17, 15) is 9.59 Å². The van der Waals surface area contributed by atoms with Crippen LogP contribution in [-0.2, 0) is 18.3 Å². The first-order valence-electron chi connectivity index (χ1n) is 10.7. The second-order valence-electron chi connectivity index (χ2n) is 8.00. The molecule has 0 aliphatic carbocycles. The van der Waals surface area contributed by atoms with Crippen molar-refractivity contribution in [3.05, 3.63) is 78.1 Å². The molecule has 160 valence electrons. The van der Waals surface area contributed by atoms with Gasteiger partial charge in [0.05, 0.1) is 6.20 Å². The first-order valence-corrected chi connectivity index (χ1v) is 10.7. The number of rotatable bonds is 7. The average Bonchev–Trinajstić information content (AvgIpc) is 3.23. The number of hydrogen-bond donors (Lipinski definition) is 0. The van der Waals surface area contributed by atoms with Gasteiger partial charge in [0.1, 0.15) is 11.5 Å². The average molecular weight is 418 g/mol. The summed E-state index contributed by atoms with van der Waals surface area (Å²) < 4.78 is 7.54. The molecule has 1 fully saturated rings. The van der Waals surface area contributed by atoms with Crippen molar-refractivity contribution in [3.8, 4) is 11.5 Å². The monoisotopic (exact) mass is 417 g/mol. The number of hydrogen-bond acceptors (Lipinski definition) is 4. The third kappa shape index (κ3) is 5.40. The lowest BCUT2D eigenvalue weighted by atomic mass is 9.89. The summed E-state index contributed by atoms with van der Waals surface area (Å²) in [5.41, 5.74) is 1.72. The molecule has 2 aromatic carbocycles. The number of ketones is 1. The molecule has 0 bridgehead atoms. The number of amides is 1. The molecule has 4 rings (SSSR count). The van der Waals surface area contributed by atoms with E-state index in [0.717, 1.165) is 30.7 Å². The molecular weight excluding hydrogens is 390 g/mol. The summed E-state index contributed by atoms with van der Waals surface area (Å²) >= 11 is 0. The van der Waals surface area contributed by atoms with Gasteiger partial charge in [-0.15, -0.1) is 0 Å². The van der Waals surface area contributed by atoms with Crippen LogP contribution in [0.5, 0.6) is 11.5 Å². The zero-order valence-electron chi connectivity index (χ0n) is 17.7. The number of carbonyl (C=O) groups excluding carboxylic acids is 2. The Kier molecular flexibility index (Phi) is 6.46. The number of nitrogens with zero attached hydrogens (tertiary/aromatic N) is 3. The molecule has 3 aromatic rings. The summed E-state index contributed by atoms with van der Waals surface area (Å²) in [4.78, 5) is 27.5. The van der Waals surface area contributed by atoms with Crippen LogP contribution in [-0.4, -0.2) is 39.5 Å². The Bertz CT molecular complexity index is 1030. The summed E-state index contributed by atoms with van der Waals surface area (Å²) in [5, 5.41) is 4.14. The maximum absolute atomic E-state index is 13.0. The number of aryl methyl sites for hydroxylation is 2. The normalized spacial score (nSPS) is 16.2. The van der Waals surface area contributed by atoms with E-state index < -0.39 is 0 Å². The minimum atomic E-state index is -0.156. The van der Waals surface area contributed by atoms with E-state index in [-0.39, 0.29) is 17.6 Å². The van der Waals surface area contributed by atoms with Gasteiger partial charge in [0.2, 0.25) is 5.91 Å². The maximum Gasteiger partial charge on any atom is 0.222 e. The van der Waals surface area contributed by atoms with Crippen molar-refractivity contribution < 1.29 is 14.3 Å². The van der Waals surface area contributed by atoms with Crippen molar-refractivity contribution in [1.82, 2.24) is 14.7 Å². The van der Waals surface area contributed by atoms with Gasteiger partial charge in [0.25, 0.3) is 0 Å². The number of likely N-dealkylation sites (tertiary alicyclic amines) is 1. The number of piperidine rings is 1. The summed E-state index contributed by atoms with van der Waals surface area (Å²) in [6, 6.07) is 16.8. The Labute approximate surface area is 182 Å². The zero-order chi connectivity index (χ0) is 21.6. The number of carbonyl (C=O) groups is 2. The molecule has 0 N–H and O–H groups in total. The quantitative estimate of drug-likeness (QED) is 0.539. The number of para-hydroxylation sites is 1. The molecule has 6 nitrogen and oxygen atoms in total. The Hall–Kier alpha value is -3.41. The smallest absolute Gasteiger partial charge is 0.222 e. The number of ether oxygens (including phenoxy) is 1. The van der Waals surface area contributed by atoms with Crippen molar-refractivity contribution in [1.29, 1.82) is 0 Å². The number of Topliss-reactive ketones (excluding diaryl/α,β-unsaturated/α-hetero) is 1. The van der Waals surface area contributed by atoms with Crippen LogP contribution in [0.2, 0.25) is 0 Å². The summed E-state index contributed by atoms with van der Waals surface area (Å²) in [5.74, 6) is 1.49. The molecule has 31 heavy (non-hydrogen) atoms. The van der Waals surface area contributed by atoms with E-state index in [1.165, 1.54) is 0 Å². The third-order valence-corrected chi connectivity index (χ3v) is 5.65. The van der Waals surface area contributed by atoms with E-state index in [4.69, 9.17) is 4.74 Å². The third-order valence-electron chi connectivity index (χ3n) is 5.65. The Morgan fingerprint density at radius 3 is 2.52 bits per heavy atom. The van der Waals surface area contributed by atoms with Crippen LogP contribution in [0.3, 0.4) is 0 Å². The topological polar surface area (TPSA) is 64.4 Å². The lowest BCUT2D eigenvalue weighted by Gasteiger charge is -2.32. The van der Waals surface area contributed by atoms with Crippen LogP contribution >= 0.6 is 0 Å². The van der Waals surface area contributed by atoms with Crippen LogP contribution in [0, 0.1) is 5.92 Å². The molecule has 0 unspecified atom stereocenters. The van der Waals surface area contributed by atoms with Crippen LogP contribution in [0.1, 0.15) is 35.2 Å². The fourth-order valence-corrected chi connectivity index (χ4v) is 3.98. The molecule has 1 amide bonds. The van der Waals surface area contributed by atoms with E-state index in [1.54, 1.807) is 10.9 Å². The highest BCUT2D eigenvalue weighted by Gasteiger charge is 2.28. The molecule has 1 saturated heterocycles. The number of benzene rings is 2. The molecule has 0 radical (unpaired) electrons. The van der Waals surface area contributed by atoms with Crippen LogP contribution in [0.4, 0.5) is 0 Å². The maximum atomic E-state index is 13.0. The van der Waals surface area contributed by atoms with Gasteiger partial charge < -0.3 is 9.64 Å². The van der Waals surface area contributed by atoms with Gasteiger partial charge in [-0.1, -0.05) is 18.2 Å². The van der Waals surface area contributed by atoms with E-state index >= 15 is 0 Å². The molecule has 1 aliphatic heterocycles.